The van der Waals surface area contributed by atoms with Gasteiger partial charge in [-0.2, -0.15) is 0 Å². The zero-order chi connectivity index (χ0) is 12.8. The molecular weight excluding hydrogens is 210 g/mol. The van der Waals surface area contributed by atoms with Gasteiger partial charge in [0.05, 0.1) is 5.70 Å². The number of rotatable bonds is 2. The lowest BCUT2D eigenvalue weighted by Gasteiger charge is -2.33. The number of nitrogens with zero attached hydrogens (tertiary/aromatic N) is 3. The van der Waals surface area contributed by atoms with Gasteiger partial charge in [-0.15, -0.1) is 0 Å². The normalized spacial score (nSPS) is 19.5. The van der Waals surface area contributed by atoms with Crippen molar-refractivity contribution in [3.8, 4) is 0 Å². The van der Waals surface area contributed by atoms with Gasteiger partial charge in [-0.3, -0.25) is 0 Å². The first-order chi connectivity index (χ1) is 8.18. The summed E-state index contributed by atoms with van der Waals surface area (Å²) >= 11 is 0. The number of aryl methyl sites for hydroxylation is 1. The fourth-order valence-electron chi connectivity index (χ4n) is 2.22. The lowest BCUT2D eigenvalue weighted by atomic mass is 10.00. The fraction of sp³-hybridized carbons (Fsp3) is 0.643. The third kappa shape index (κ3) is 3.35. The molecule has 3 heteroatoms. The molecule has 0 aliphatic carbocycles. The van der Waals surface area contributed by atoms with Crippen LogP contribution in [0.2, 0.25) is 0 Å². The van der Waals surface area contributed by atoms with E-state index in [0.717, 1.165) is 30.5 Å². The summed E-state index contributed by atoms with van der Waals surface area (Å²) in [5.74, 6) is 1.76. The van der Waals surface area contributed by atoms with Crippen molar-refractivity contribution in [2.24, 2.45) is 13.0 Å². The van der Waals surface area contributed by atoms with Crippen LogP contribution in [-0.4, -0.2) is 27.5 Å². The summed E-state index contributed by atoms with van der Waals surface area (Å²) < 4.78 is 2.03. The third-order valence-electron chi connectivity index (χ3n) is 3.12. The molecule has 1 aliphatic heterocycles. The first kappa shape index (κ1) is 13.8. The second kappa shape index (κ2) is 6.48. The number of hydrogen-bond acceptors (Lipinski definition) is 2. The van der Waals surface area contributed by atoms with E-state index < -0.39 is 0 Å². The van der Waals surface area contributed by atoms with Gasteiger partial charge in [-0.25, -0.2) is 4.98 Å². The maximum absolute atomic E-state index is 4.34. The Morgan fingerprint density at radius 1 is 1.47 bits per heavy atom. The minimum absolute atomic E-state index is 0.774. The molecule has 0 saturated carbocycles. The highest BCUT2D eigenvalue weighted by Gasteiger charge is 2.19. The van der Waals surface area contributed by atoms with E-state index in [-0.39, 0.29) is 0 Å². The van der Waals surface area contributed by atoms with Crippen LogP contribution in [0.1, 0.15) is 39.4 Å². The predicted molar refractivity (Wildman–Crippen MR) is 73.6 cm³/mol. The first-order valence-electron chi connectivity index (χ1n) is 6.60. The van der Waals surface area contributed by atoms with Crippen LogP contribution in [0.15, 0.2) is 19.0 Å². The molecule has 3 nitrogen and oxygen atoms in total. The van der Waals surface area contributed by atoms with Gasteiger partial charge < -0.3 is 9.47 Å². The van der Waals surface area contributed by atoms with E-state index in [1.807, 2.05) is 37.9 Å². The van der Waals surface area contributed by atoms with Gasteiger partial charge in [-0.1, -0.05) is 27.4 Å². The second-order valence-electron chi connectivity index (χ2n) is 4.50. The molecule has 1 atom stereocenters. The van der Waals surface area contributed by atoms with Crippen molar-refractivity contribution < 1.29 is 0 Å². The zero-order valence-electron chi connectivity index (χ0n) is 11.6. The molecular formula is C14H25N3. The van der Waals surface area contributed by atoms with E-state index in [0.29, 0.717) is 0 Å². The number of piperidine rings is 1. The summed E-state index contributed by atoms with van der Waals surface area (Å²) in [6.45, 7) is 12.7. The van der Waals surface area contributed by atoms with Gasteiger partial charge in [0, 0.05) is 32.5 Å². The molecule has 0 spiro atoms. The molecule has 0 radical (unpaired) electrons. The van der Waals surface area contributed by atoms with Crippen LogP contribution in [0.5, 0.6) is 0 Å². The van der Waals surface area contributed by atoms with Crippen LogP contribution < -0.4 is 0 Å². The molecule has 0 aromatic carbocycles. The summed E-state index contributed by atoms with van der Waals surface area (Å²) in [4.78, 5) is 6.70. The van der Waals surface area contributed by atoms with Gasteiger partial charge in [-0.05, 0) is 18.8 Å². The van der Waals surface area contributed by atoms with E-state index in [4.69, 9.17) is 0 Å². The minimum Gasteiger partial charge on any atom is -0.369 e. The van der Waals surface area contributed by atoms with E-state index in [1.165, 1.54) is 12.8 Å². The molecule has 2 heterocycles. The van der Waals surface area contributed by atoms with Gasteiger partial charge in [0.15, 0.2) is 5.82 Å². The average molecular weight is 235 g/mol. The van der Waals surface area contributed by atoms with Crippen LogP contribution >= 0.6 is 0 Å². The van der Waals surface area contributed by atoms with Crippen molar-refractivity contribution in [1.82, 2.24) is 14.5 Å². The van der Waals surface area contributed by atoms with Crippen LogP contribution in [0.4, 0.5) is 0 Å². The summed E-state index contributed by atoms with van der Waals surface area (Å²) in [6.07, 6.45) is 6.40. The Kier molecular flexibility index (Phi) is 5.26. The van der Waals surface area contributed by atoms with Gasteiger partial charge in [0.25, 0.3) is 0 Å². The molecule has 0 N–H and O–H groups in total. The lowest BCUT2D eigenvalue weighted by molar-refractivity contribution is 0.259. The second-order valence-corrected chi connectivity index (χ2v) is 4.50. The van der Waals surface area contributed by atoms with Crippen LogP contribution in [0.25, 0.3) is 5.70 Å². The number of imidazole rings is 1. The SMILES string of the molecule is C=C(c1nccn1C)N1CCCC(C)C1.CC. The van der Waals surface area contributed by atoms with Crippen molar-refractivity contribution in [2.75, 3.05) is 13.1 Å². The smallest absolute Gasteiger partial charge is 0.155 e. The highest BCUT2D eigenvalue weighted by molar-refractivity contribution is 5.55. The number of likely N-dealkylation sites (tertiary alicyclic amines) is 1. The van der Waals surface area contributed by atoms with Crippen LogP contribution in [0, 0.1) is 5.92 Å². The molecule has 1 aliphatic rings. The minimum atomic E-state index is 0.774. The highest BCUT2D eigenvalue weighted by Crippen LogP contribution is 2.23. The first-order valence-corrected chi connectivity index (χ1v) is 6.60. The average Bonchev–Trinajstić information content (AvgIpc) is 2.77. The van der Waals surface area contributed by atoms with Crippen molar-refractivity contribution in [3.05, 3.63) is 24.8 Å². The molecule has 17 heavy (non-hydrogen) atoms. The molecule has 1 unspecified atom stereocenters. The summed E-state index contributed by atoms with van der Waals surface area (Å²) in [6, 6.07) is 0. The van der Waals surface area contributed by atoms with E-state index in [2.05, 4.69) is 23.4 Å². The van der Waals surface area contributed by atoms with Gasteiger partial charge in [0.2, 0.25) is 0 Å². The molecule has 1 fully saturated rings. The summed E-state index contributed by atoms with van der Waals surface area (Å²) in [7, 11) is 2.01. The summed E-state index contributed by atoms with van der Waals surface area (Å²) in [5.41, 5.74) is 1.06. The maximum Gasteiger partial charge on any atom is 0.155 e. The van der Waals surface area contributed by atoms with E-state index >= 15 is 0 Å². The molecule has 1 aromatic rings. The monoisotopic (exact) mass is 235 g/mol. The van der Waals surface area contributed by atoms with Crippen molar-refractivity contribution in [3.63, 3.8) is 0 Å². The number of aromatic nitrogens is 2. The summed E-state index contributed by atoms with van der Waals surface area (Å²) in [5, 5.41) is 0. The lowest BCUT2D eigenvalue weighted by Crippen LogP contribution is -2.33. The molecule has 2 rings (SSSR count). The molecule has 0 amide bonds. The molecule has 1 aromatic heterocycles. The van der Waals surface area contributed by atoms with Crippen LogP contribution in [-0.2, 0) is 7.05 Å². The van der Waals surface area contributed by atoms with Crippen molar-refractivity contribution in [2.45, 2.75) is 33.6 Å². The molecule has 0 bridgehead atoms. The third-order valence-corrected chi connectivity index (χ3v) is 3.12. The fourth-order valence-corrected chi connectivity index (χ4v) is 2.22. The molecule has 96 valence electrons. The highest BCUT2D eigenvalue weighted by atomic mass is 15.2. The zero-order valence-corrected chi connectivity index (χ0v) is 11.6. The van der Waals surface area contributed by atoms with Crippen LogP contribution in [0.3, 0.4) is 0 Å². The van der Waals surface area contributed by atoms with Crippen molar-refractivity contribution >= 4 is 5.70 Å². The van der Waals surface area contributed by atoms with Gasteiger partial charge in [0.1, 0.15) is 0 Å². The Balaban J connectivity index is 0.000000686. The van der Waals surface area contributed by atoms with Gasteiger partial charge >= 0.3 is 0 Å². The quantitative estimate of drug-likeness (QED) is 0.785. The van der Waals surface area contributed by atoms with Crippen molar-refractivity contribution in [1.29, 1.82) is 0 Å². The topological polar surface area (TPSA) is 21.1 Å². The maximum atomic E-state index is 4.34. The Hall–Kier alpha value is -1.25. The number of hydrogen-bond donors (Lipinski definition) is 0. The Morgan fingerprint density at radius 3 is 2.71 bits per heavy atom. The standard InChI is InChI=1S/C12H19N3.C2H6/c1-10-5-4-7-15(9-10)11(2)12-13-6-8-14(12)3;1-2/h6,8,10H,2,4-5,7,9H2,1,3H3;1-2H3. The predicted octanol–water partition coefficient (Wildman–Crippen LogP) is 3.15. The largest absolute Gasteiger partial charge is 0.369 e. The Morgan fingerprint density at radius 2 is 2.18 bits per heavy atom. The molecule has 1 saturated heterocycles. The van der Waals surface area contributed by atoms with E-state index in [1.54, 1.807) is 0 Å². The van der Waals surface area contributed by atoms with E-state index in [9.17, 15) is 0 Å². The Labute approximate surface area is 105 Å². The Bertz CT molecular complexity index is 354.